The Hall–Kier alpha value is -3.03. The Morgan fingerprint density at radius 3 is 2.43 bits per heavy atom. The van der Waals surface area contributed by atoms with Crippen LogP contribution in [0, 0.1) is 5.92 Å². The fourth-order valence-corrected chi connectivity index (χ4v) is 3.87. The van der Waals surface area contributed by atoms with Gasteiger partial charge in [0.2, 0.25) is 5.91 Å². The number of carbonyl (C=O) groups is 5. The molecule has 3 rings (SSSR count). The first-order valence-electron chi connectivity index (χ1n) is 9.40. The maximum absolute atomic E-state index is 12.7. The third-order valence-electron chi connectivity index (χ3n) is 5.36. The van der Waals surface area contributed by atoms with Crippen LogP contribution in [0.2, 0.25) is 0 Å². The summed E-state index contributed by atoms with van der Waals surface area (Å²) in [6.07, 6.45) is 3.47. The van der Waals surface area contributed by atoms with E-state index in [0.717, 1.165) is 24.2 Å². The van der Waals surface area contributed by atoms with Gasteiger partial charge in [0.25, 0.3) is 0 Å². The zero-order chi connectivity index (χ0) is 20.4. The van der Waals surface area contributed by atoms with Gasteiger partial charge in [-0.25, -0.2) is 9.69 Å². The van der Waals surface area contributed by atoms with Crippen molar-refractivity contribution in [1.82, 2.24) is 9.80 Å². The van der Waals surface area contributed by atoms with Gasteiger partial charge in [0.1, 0.15) is 6.54 Å². The fraction of sp³-hybridized carbons (Fsp3) is 0.450. The van der Waals surface area contributed by atoms with Crippen LogP contribution >= 0.6 is 0 Å². The van der Waals surface area contributed by atoms with Crippen LogP contribution in [0.5, 0.6) is 0 Å². The molecule has 1 aliphatic heterocycles. The van der Waals surface area contributed by atoms with Crippen LogP contribution in [0.4, 0.5) is 10.5 Å². The van der Waals surface area contributed by atoms with Gasteiger partial charge in [0, 0.05) is 11.6 Å². The normalized spacial score (nSPS) is 22.6. The summed E-state index contributed by atoms with van der Waals surface area (Å²) in [6.45, 7) is 2.76. The minimum atomic E-state index is -0.988. The van der Waals surface area contributed by atoms with Crippen molar-refractivity contribution < 1.29 is 24.0 Å². The van der Waals surface area contributed by atoms with Crippen LogP contribution in [-0.2, 0) is 14.4 Å². The third-order valence-corrected chi connectivity index (χ3v) is 5.36. The van der Waals surface area contributed by atoms with Crippen LogP contribution in [0.3, 0.4) is 0 Å². The van der Waals surface area contributed by atoms with E-state index in [1.165, 1.54) is 6.92 Å². The highest BCUT2D eigenvalue weighted by molar-refractivity contribution is 6.45. The summed E-state index contributed by atoms with van der Waals surface area (Å²) < 4.78 is 0. The van der Waals surface area contributed by atoms with Crippen molar-refractivity contribution in [1.29, 1.82) is 0 Å². The van der Waals surface area contributed by atoms with E-state index >= 15 is 0 Å². The number of hydrogen-bond acceptors (Lipinski definition) is 5. The Kier molecular flexibility index (Phi) is 5.58. The lowest BCUT2D eigenvalue weighted by molar-refractivity contribution is -0.145. The van der Waals surface area contributed by atoms with Crippen molar-refractivity contribution in [2.45, 2.75) is 45.6 Å². The van der Waals surface area contributed by atoms with E-state index in [0.29, 0.717) is 22.6 Å². The molecular formula is C20H23N3O5. The van der Waals surface area contributed by atoms with Gasteiger partial charge in [-0.05, 0) is 37.8 Å². The average molecular weight is 385 g/mol. The lowest BCUT2D eigenvalue weighted by Gasteiger charge is -2.34. The topological polar surface area (TPSA) is 104 Å². The number of anilines is 1. The molecule has 1 aromatic carbocycles. The highest BCUT2D eigenvalue weighted by atomic mass is 16.2. The molecule has 0 bridgehead atoms. The van der Waals surface area contributed by atoms with Gasteiger partial charge in [-0.2, -0.15) is 0 Å². The number of Topliss-reactive ketones (excluding diaryl/α,β-unsaturated/α-hetero) is 1. The summed E-state index contributed by atoms with van der Waals surface area (Å²) in [4.78, 5) is 63.2. The first-order chi connectivity index (χ1) is 13.3. The van der Waals surface area contributed by atoms with Crippen LogP contribution in [0.1, 0.15) is 49.9 Å². The quantitative estimate of drug-likeness (QED) is 0.475. The van der Waals surface area contributed by atoms with Gasteiger partial charge >= 0.3 is 17.8 Å². The van der Waals surface area contributed by atoms with Crippen molar-refractivity contribution in [2.75, 3.05) is 11.9 Å². The van der Waals surface area contributed by atoms with Gasteiger partial charge in [-0.3, -0.25) is 24.1 Å². The van der Waals surface area contributed by atoms with Crippen LogP contribution in [0.15, 0.2) is 24.3 Å². The molecule has 0 aromatic heterocycles. The van der Waals surface area contributed by atoms with E-state index in [2.05, 4.69) is 5.32 Å². The number of imide groups is 2. The van der Waals surface area contributed by atoms with E-state index in [-0.39, 0.29) is 17.7 Å². The predicted octanol–water partition coefficient (Wildman–Crippen LogP) is 2.20. The van der Waals surface area contributed by atoms with Gasteiger partial charge in [-0.1, -0.05) is 31.9 Å². The number of ketones is 1. The number of amides is 5. The average Bonchev–Trinajstić information content (AvgIpc) is 2.86. The summed E-state index contributed by atoms with van der Waals surface area (Å²) in [5.74, 6) is -2.62. The Bertz CT molecular complexity index is 850. The molecule has 1 saturated heterocycles. The SMILES string of the molecule is CC(=O)c1ccccc1NC(=O)CN1C(=O)C(=O)N([C@H]2CCCC[C@@H]2C)C1=O. The highest BCUT2D eigenvalue weighted by Crippen LogP contribution is 2.31. The maximum Gasteiger partial charge on any atom is 0.334 e. The van der Waals surface area contributed by atoms with Gasteiger partial charge < -0.3 is 5.32 Å². The number of rotatable bonds is 5. The lowest BCUT2D eigenvalue weighted by Crippen LogP contribution is -2.46. The lowest BCUT2D eigenvalue weighted by atomic mass is 9.85. The zero-order valence-corrected chi connectivity index (χ0v) is 15.9. The Balaban J connectivity index is 1.73. The molecule has 8 heteroatoms. The number of benzene rings is 1. The molecule has 2 aliphatic rings. The molecule has 8 nitrogen and oxygen atoms in total. The summed E-state index contributed by atoms with van der Waals surface area (Å²) in [6, 6.07) is 5.39. The molecule has 28 heavy (non-hydrogen) atoms. The Morgan fingerprint density at radius 1 is 1.07 bits per heavy atom. The summed E-state index contributed by atoms with van der Waals surface area (Å²) in [7, 11) is 0. The maximum atomic E-state index is 12.7. The van der Waals surface area contributed by atoms with E-state index in [4.69, 9.17) is 0 Å². The van der Waals surface area contributed by atoms with Crippen molar-refractivity contribution in [3.8, 4) is 0 Å². The van der Waals surface area contributed by atoms with Crippen molar-refractivity contribution in [2.24, 2.45) is 5.92 Å². The van der Waals surface area contributed by atoms with Crippen LogP contribution in [0.25, 0.3) is 0 Å². The summed E-state index contributed by atoms with van der Waals surface area (Å²) in [5.41, 5.74) is 0.617. The van der Waals surface area contributed by atoms with Gasteiger partial charge in [-0.15, -0.1) is 0 Å². The van der Waals surface area contributed by atoms with E-state index < -0.39 is 30.3 Å². The first kappa shape index (κ1) is 19.7. The molecule has 148 valence electrons. The van der Waals surface area contributed by atoms with Crippen LogP contribution in [-0.4, -0.2) is 51.9 Å². The number of hydrogen-bond donors (Lipinski definition) is 1. The molecular weight excluding hydrogens is 362 g/mol. The van der Waals surface area contributed by atoms with Gasteiger partial charge in [0.15, 0.2) is 5.78 Å². The summed E-state index contributed by atoms with van der Waals surface area (Å²) in [5, 5.41) is 2.54. The van der Waals surface area contributed by atoms with Crippen LogP contribution < -0.4 is 5.32 Å². The Labute approximate surface area is 162 Å². The monoisotopic (exact) mass is 385 g/mol. The molecule has 0 spiro atoms. The second kappa shape index (κ2) is 7.92. The first-order valence-corrected chi connectivity index (χ1v) is 9.40. The molecule has 2 atom stereocenters. The second-order valence-corrected chi connectivity index (χ2v) is 7.33. The molecule has 1 heterocycles. The van der Waals surface area contributed by atoms with E-state index in [1.807, 2.05) is 6.92 Å². The zero-order valence-electron chi connectivity index (χ0n) is 15.9. The van der Waals surface area contributed by atoms with Crippen molar-refractivity contribution >= 4 is 35.2 Å². The molecule has 2 fully saturated rings. The minimum Gasteiger partial charge on any atom is -0.324 e. The number of nitrogens with one attached hydrogen (secondary N) is 1. The second-order valence-electron chi connectivity index (χ2n) is 7.33. The molecule has 1 saturated carbocycles. The van der Waals surface area contributed by atoms with Crippen molar-refractivity contribution in [3.63, 3.8) is 0 Å². The number of carbonyl (C=O) groups excluding carboxylic acids is 5. The molecule has 1 aromatic rings. The highest BCUT2D eigenvalue weighted by Gasteiger charge is 2.49. The molecule has 0 radical (unpaired) electrons. The van der Waals surface area contributed by atoms with E-state index in [9.17, 15) is 24.0 Å². The Morgan fingerprint density at radius 2 is 1.75 bits per heavy atom. The largest absolute Gasteiger partial charge is 0.334 e. The number of para-hydroxylation sites is 1. The number of nitrogens with zero attached hydrogens (tertiary/aromatic N) is 2. The predicted molar refractivity (Wildman–Crippen MR) is 100 cm³/mol. The molecule has 1 N–H and O–H groups in total. The van der Waals surface area contributed by atoms with E-state index in [1.54, 1.807) is 24.3 Å². The smallest absolute Gasteiger partial charge is 0.324 e. The molecule has 1 aliphatic carbocycles. The fourth-order valence-electron chi connectivity index (χ4n) is 3.87. The molecule has 5 amide bonds. The standard InChI is InChI=1S/C20H23N3O5/c1-12-7-3-6-10-16(12)23-19(27)18(26)22(20(23)28)11-17(25)21-15-9-5-4-8-14(15)13(2)24/h4-5,8-9,12,16H,3,6-7,10-11H2,1-2H3,(H,21,25)/t12-,16-/m0/s1. The number of urea groups is 1. The van der Waals surface area contributed by atoms with Gasteiger partial charge in [0.05, 0.1) is 5.69 Å². The third kappa shape index (κ3) is 3.67. The van der Waals surface area contributed by atoms with Crippen molar-refractivity contribution in [3.05, 3.63) is 29.8 Å². The minimum absolute atomic E-state index is 0.116. The molecule has 0 unspecified atom stereocenters. The summed E-state index contributed by atoms with van der Waals surface area (Å²) >= 11 is 0.